The highest BCUT2D eigenvalue weighted by Gasteiger charge is 2.29. The smallest absolute Gasteiger partial charge is 0.472 e. The molecule has 13 nitrogen and oxygen atoms in total. The van der Waals surface area contributed by atoms with Crippen LogP contribution in [0.5, 0.6) is 0 Å². The molecule has 0 spiro atoms. The van der Waals surface area contributed by atoms with E-state index in [0.29, 0.717) is 17.4 Å². The molecule has 0 aromatic heterocycles. The van der Waals surface area contributed by atoms with Crippen molar-refractivity contribution in [2.24, 2.45) is 5.73 Å². The van der Waals surface area contributed by atoms with E-state index in [-0.39, 0.29) is 38.0 Å². The second-order valence-electron chi connectivity index (χ2n) is 17.0. The van der Waals surface area contributed by atoms with Gasteiger partial charge < -0.3 is 34.8 Å². The summed E-state index contributed by atoms with van der Waals surface area (Å²) in [6.45, 7) is 3.75. The van der Waals surface area contributed by atoms with Crippen LogP contribution in [0.1, 0.15) is 142 Å². The molecule has 15 heteroatoms. The Morgan fingerprint density at radius 3 is 1.91 bits per heavy atom. The molecule has 0 aromatic carbocycles. The van der Waals surface area contributed by atoms with Gasteiger partial charge in [-0.3, -0.25) is 23.4 Å². The molecule has 0 aliphatic carbocycles. The first-order valence-electron chi connectivity index (χ1n) is 23.6. The minimum atomic E-state index is -4.54. The molecule has 0 heterocycles. The average Bonchev–Trinajstić information content (AvgIpc) is 3.23. The highest BCUT2D eigenvalue weighted by Crippen LogP contribution is 2.43. The van der Waals surface area contributed by atoms with E-state index >= 15 is 0 Å². The third-order valence-electron chi connectivity index (χ3n) is 9.71. The zero-order valence-electron chi connectivity index (χ0n) is 39.9. The average molecular weight is 942 g/mol. The molecular formula is C49H86N2O11PS+. The number of allylic oxidation sites excluding steroid dienone is 11. The predicted molar refractivity (Wildman–Crippen MR) is 262 cm³/mol. The van der Waals surface area contributed by atoms with Crippen LogP contribution in [-0.4, -0.2) is 114 Å². The number of rotatable bonds is 42. The minimum Gasteiger partial charge on any atom is -0.481 e. The third-order valence-corrected chi connectivity index (χ3v) is 12.1. The van der Waals surface area contributed by atoms with E-state index in [0.717, 1.165) is 57.8 Å². The van der Waals surface area contributed by atoms with Crippen LogP contribution in [0.15, 0.2) is 72.9 Å². The number of carboxylic acids is 1. The number of nitrogens with two attached hydrogens (primary N) is 1. The maximum atomic E-state index is 13.2. The summed E-state index contributed by atoms with van der Waals surface area (Å²) in [7, 11) is 1.16. The van der Waals surface area contributed by atoms with E-state index in [4.69, 9.17) is 29.4 Å². The highest BCUT2D eigenvalue weighted by atomic mass is 32.2. The number of carbonyl (C=O) groups excluding carboxylic acids is 2. The van der Waals surface area contributed by atoms with Gasteiger partial charge in [0.15, 0.2) is 6.10 Å². The molecule has 0 saturated carbocycles. The maximum absolute atomic E-state index is 13.2. The molecule has 368 valence electrons. The number of aliphatic carboxylic acids is 1. The second kappa shape index (κ2) is 40.5. The van der Waals surface area contributed by atoms with Crippen molar-refractivity contribution in [2.45, 2.75) is 166 Å². The molecule has 0 bridgehead atoms. The normalized spacial score (nSPS) is 15.5. The first-order valence-corrected chi connectivity index (χ1v) is 26.1. The lowest BCUT2D eigenvalue weighted by Gasteiger charge is -2.25. The quantitative estimate of drug-likeness (QED) is 0.0113. The molecule has 5 N–H and O–H groups in total. The fourth-order valence-corrected chi connectivity index (χ4v) is 7.69. The number of carboxylic acid groups (broad SMARTS) is 1. The van der Waals surface area contributed by atoms with E-state index in [2.05, 4.69) is 50.3 Å². The molecule has 0 amide bonds. The summed E-state index contributed by atoms with van der Waals surface area (Å²) >= 11 is 1.21. The van der Waals surface area contributed by atoms with Gasteiger partial charge in [-0.25, -0.2) is 4.57 Å². The first kappa shape index (κ1) is 61.2. The van der Waals surface area contributed by atoms with E-state index in [9.17, 15) is 28.9 Å². The van der Waals surface area contributed by atoms with E-state index in [1.54, 1.807) is 12.2 Å². The van der Waals surface area contributed by atoms with E-state index in [1.807, 2.05) is 45.4 Å². The number of phosphoric acid groups is 1. The van der Waals surface area contributed by atoms with Crippen molar-refractivity contribution in [1.82, 2.24) is 0 Å². The number of carbonyl (C=O) groups is 3. The summed E-state index contributed by atoms with van der Waals surface area (Å²) < 4.78 is 34.4. The molecule has 0 saturated heterocycles. The Hall–Kier alpha value is -2.81. The Labute approximate surface area is 390 Å². The number of thioether (sulfide) groups is 1. The topological polar surface area (TPSA) is 192 Å². The van der Waals surface area contributed by atoms with E-state index < -0.39 is 62.4 Å². The van der Waals surface area contributed by atoms with Gasteiger partial charge in [0.1, 0.15) is 25.8 Å². The summed E-state index contributed by atoms with van der Waals surface area (Å²) in [5, 5.41) is 19.5. The Balaban J connectivity index is 5.29. The van der Waals surface area contributed by atoms with Crippen molar-refractivity contribution in [3.63, 3.8) is 0 Å². The van der Waals surface area contributed by atoms with E-state index in [1.165, 1.54) is 50.3 Å². The van der Waals surface area contributed by atoms with Gasteiger partial charge in [0.05, 0.1) is 33.9 Å². The van der Waals surface area contributed by atoms with Gasteiger partial charge in [0.25, 0.3) is 0 Å². The maximum Gasteiger partial charge on any atom is 0.472 e. The Bertz CT molecular complexity index is 1440. The number of hydrogen-bond acceptors (Lipinski definition) is 11. The Kier molecular flexibility index (Phi) is 38.7. The lowest BCUT2D eigenvalue weighted by atomic mass is 10.1. The zero-order valence-corrected chi connectivity index (χ0v) is 41.6. The van der Waals surface area contributed by atoms with Crippen LogP contribution in [0, 0.1) is 0 Å². The van der Waals surface area contributed by atoms with Gasteiger partial charge in [0.2, 0.25) is 0 Å². The summed E-state index contributed by atoms with van der Waals surface area (Å²) in [5.74, 6) is -2.30. The largest absolute Gasteiger partial charge is 0.481 e. The molecule has 1 unspecified atom stereocenters. The number of ether oxygens (including phenoxy) is 2. The lowest BCUT2D eigenvalue weighted by Crippen LogP contribution is -2.40. The molecule has 0 aliphatic heterocycles. The van der Waals surface area contributed by atoms with Crippen molar-refractivity contribution in [2.75, 3.05) is 53.3 Å². The number of esters is 2. The van der Waals surface area contributed by atoms with Crippen molar-refractivity contribution in [3.8, 4) is 0 Å². The van der Waals surface area contributed by atoms with Crippen molar-refractivity contribution in [3.05, 3.63) is 72.9 Å². The number of nitrogens with zero attached hydrogens (tertiary/aromatic N) is 1. The summed E-state index contributed by atoms with van der Waals surface area (Å²) in [5.41, 5.74) is 6.24. The van der Waals surface area contributed by atoms with Gasteiger partial charge >= 0.3 is 25.7 Å². The van der Waals surface area contributed by atoms with Crippen LogP contribution in [0.2, 0.25) is 0 Å². The number of aliphatic hydroxyl groups excluding tert-OH is 1. The monoisotopic (exact) mass is 942 g/mol. The van der Waals surface area contributed by atoms with Crippen molar-refractivity contribution in [1.29, 1.82) is 0 Å². The molecule has 0 aromatic rings. The van der Waals surface area contributed by atoms with Crippen LogP contribution in [0.3, 0.4) is 0 Å². The minimum absolute atomic E-state index is 0.0187. The Morgan fingerprint density at radius 1 is 0.719 bits per heavy atom. The lowest BCUT2D eigenvalue weighted by molar-refractivity contribution is -0.870. The van der Waals surface area contributed by atoms with Crippen LogP contribution in [0.4, 0.5) is 0 Å². The third kappa shape index (κ3) is 40.7. The molecule has 0 radical (unpaired) electrons. The number of unbranched alkanes of at least 4 members (excludes halogenated alkanes) is 11. The molecule has 5 atom stereocenters. The van der Waals surface area contributed by atoms with Gasteiger partial charge in [0, 0.05) is 23.8 Å². The number of phosphoric ester groups is 1. The SMILES string of the molecule is CCCCC/C=C\C\C=C/C=C/C=C/[C@@H](SC[C@H](N)C(=O)O[C@H](COC(=O)CCCCCCC/C=C\C/C=C\CCCCC)COP(=O)(O)OCC[N+](C)(C)C)[C@@H](O)CCCC(=O)O. The molecule has 0 fully saturated rings. The predicted octanol–water partition coefficient (Wildman–Crippen LogP) is 10.3. The Morgan fingerprint density at radius 2 is 1.30 bits per heavy atom. The van der Waals surface area contributed by atoms with Crippen LogP contribution in [-0.2, 0) is 37.5 Å². The highest BCUT2D eigenvalue weighted by molar-refractivity contribution is 8.00. The standard InChI is InChI=1S/C49H85N2O11PS/c1-6-8-10-12-14-16-18-20-21-22-24-26-28-30-32-37-48(55)59-40-43(41-61-63(57,58)60-39-38-51(3,4)5)62-49(56)44(50)42-64-46(45(52)34-33-36-47(53)54)35-31-29-27-25-23-19-17-15-13-11-9-7-2/h14-17,20-21,23,25,27,29,31,35,43-46,52H,6-13,18-19,22,24,26,28,30,32-34,36-42,50H2,1-5H3,(H-,53,54,57,58)/p+1/b16-14-,17-15-,21-20-,25-23-,29-27+,35-31+/t43-,44+,45+,46-/m1/s1. The van der Waals surface area contributed by atoms with Crippen LogP contribution in [0.25, 0.3) is 0 Å². The summed E-state index contributed by atoms with van der Waals surface area (Å²) in [4.78, 5) is 47.3. The molecule has 0 aliphatic rings. The fraction of sp³-hybridized carbons (Fsp3) is 0.694. The van der Waals surface area contributed by atoms with Crippen molar-refractivity contribution < 1.29 is 57.1 Å². The first-order chi connectivity index (χ1) is 30.6. The van der Waals surface area contributed by atoms with Crippen molar-refractivity contribution >= 4 is 37.5 Å². The number of hydrogen-bond donors (Lipinski definition) is 4. The molecular weight excluding hydrogens is 856 g/mol. The van der Waals surface area contributed by atoms with Gasteiger partial charge in [-0.05, 0) is 70.6 Å². The number of quaternary nitrogens is 1. The zero-order chi connectivity index (χ0) is 47.7. The summed E-state index contributed by atoms with van der Waals surface area (Å²) in [6.07, 6.45) is 39.9. The van der Waals surface area contributed by atoms with Gasteiger partial charge in [-0.2, -0.15) is 0 Å². The number of likely N-dealkylation sites (N-methyl/N-ethyl adjacent to an activating group) is 1. The molecule has 64 heavy (non-hydrogen) atoms. The van der Waals surface area contributed by atoms with Crippen LogP contribution >= 0.6 is 19.6 Å². The van der Waals surface area contributed by atoms with Crippen LogP contribution < -0.4 is 5.73 Å². The summed E-state index contributed by atoms with van der Waals surface area (Å²) in [6, 6.07) is -1.19. The molecule has 0 rings (SSSR count). The van der Waals surface area contributed by atoms with Gasteiger partial charge in [-0.15, -0.1) is 11.8 Å². The second-order valence-corrected chi connectivity index (χ2v) is 19.7. The fourth-order valence-electron chi connectivity index (χ4n) is 5.82. The number of aliphatic hydroxyl groups is 1. The van der Waals surface area contributed by atoms with Gasteiger partial charge in [-0.1, -0.05) is 132 Å².